The summed E-state index contributed by atoms with van der Waals surface area (Å²) in [5.41, 5.74) is 1.85. The number of amides is 2. The van der Waals surface area contributed by atoms with Gasteiger partial charge in [0, 0.05) is 17.6 Å². The molecule has 1 N–H and O–H groups in total. The topological polar surface area (TPSA) is 104 Å². The van der Waals surface area contributed by atoms with Crippen molar-refractivity contribution in [3.63, 3.8) is 0 Å². The molecule has 0 fully saturated rings. The number of nitrogens with one attached hydrogen (secondary N) is 1. The van der Waals surface area contributed by atoms with Crippen molar-refractivity contribution in [3.05, 3.63) is 65.2 Å². The lowest BCUT2D eigenvalue weighted by Gasteiger charge is -2.33. The second-order valence-electron chi connectivity index (χ2n) is 9.80. The Hall–Kier alpha value is -3.20. The Labute approximate surface area is 208 Å². The summed E-state index contributed by atoms with van der Waals surface area (Å²) in [5.74, 6) is -1.11. The van der Waals surface area contributed by atoms with E-state index in [1.165, 1.54) is 24.0 Å². The number of aryl methyl sites for hydroxylation is 1. The number of nitrogens with zero attached hydrogens (tertiary/aromatic N) is 2. The number of rotatable bonds is 9. The SMILES string of the molecule is CC(=O)c1cccc(N(CC(=O)N(Cc2cccc(C)c2)C(C)C(=O)NC(C)(C)C)S(C)(=O)=O)c1. The molecule has 2 rings (SSSR count). The highest BCUT2D eigenvalue weighted by molar-refractivity contribution is 7.92. The second kappa shape index (κ2) is 11.0. The van der Waals surface area contributed by atoms with Crippen LogP contribution in [-0.2, 0) is 26.2 Å². The van der Waals surface area contributed by atoms with E-state index in [1.54, 1.807) is 19.1 Å². The van der Waals surface area contributed by atoms with Gasteiger partial charge in [-0.2, -0.15) is 0 Å². The molecule has 0 aliphatic heterocycles. The Balaban J connectivity index is 2.45. The molecule has 0 aromatic heterocycles. The van der Waals surface area contributed by atoms with Crippen molar-refractivity contribution >= 4 is 33.3 Å². The van der Waals surface area contributed by atoms with Crippen LogP contribution in [0, 0.1) is 6.92 Å². The van der Waals surface area contributed by atoms with E-state index in [-0.39, 0.29) is 23.9 Å². The number of ketones is 1. The molecule has 1 unspecified atom stereocenters. The Morgan fingerprint density at radius 2 is 1.66 bits per heavy atom. The third-order valence-corrected chi connectivity index (χ3v) is 6.46. The predicted molar refractivity (Wildman–Crippen MR) is 138 cm³/mol. The fourth-order valence-electron chi connectivity index (χ4n) is 3.56. The molecular formula is C26H35N3O5S. The summed E-state index contributed by atoms with van der Waals surface area (Å²) in [6, 6.07) is 12.8. The van der Waals surface area contributed by atoms with Crippen molar-refractivity contribution in [3.8, 4) is 0 Å². The van der Waals surface area contributed by atoms with Crippen LogP contribution in [0.25, 0.3) is 0 Å². The summed E-state index contributed by atoms with van der Waals surface area (Å²) >= 11 is 0. The lowest BCUT2D eigenvalue weighted by Crippen LogP contribution is -2.54. The van der Waals surface area contributed by atoms with Gasteiger partial charge in [0.05, 0.1) is 11.9 Å². The van der Waals surface area contributed by atoms with Crippen molar-refractivity contribution in [2.45, 2.75) is 59.7 Å². The summed E-state index contributed by atoms with van der Waals surface area (Å²) in [6.45, 7) is 10.1. The number of hydrogen-bond acceptors (Lipinski definition) is 5. The maximum Gasteiger partial charge on any atom is 0.244 e. The molecule has 8 nitrogen and oxygen atoms in total. The van der Waals surface area contributed by atoms with Crippen LogP contribution in [0.2, 0.25) is 0 Å². The standard InChI is InChI=1S/C26H35N3O5S/c1-18-10-8-11-21(14-18)16-28(19(2)25(32)27-26(4,5)6)24(31)17-29(35(7,33)34)23-13-9-12-22(15-23)20(3)30/h8-15,19H,16-17H2,1-7H3,(H,27,32). The van der Waals surface area contributed by atoms with Gasteiger partial charge in [0.2, 0.25) is 21.8 Å². The van der Waals surface area contributed by atoms with Crippen LogP contribution in [-0.4, -0.2) is 55.3 Å². The molecule has 1 atom stereocenters. The normalized spacial score (nSPS) is 12.5. The number of Topliss-reactive ketones (excluding diaryl/α,β-unsaturated/α-hetero) is 1. The summed E-state index contributed by atoms with van der Waals surface area (Å²) < 4.78 is 26.3. The first-order valence-corrected chi connectivity index (χ1v) is 13.2. The lowest BCUT2D eigenvalue weighted by molar-refractivity contribution is -0.140. The van der Waals surface area contributed by atoms with Crippen LogP contribution in [0.1, 0.15) is 56.1 Å². The number of hydrogen-bond donors (Lipinski definition) is 1. The molecule has 9 heteroatoms. The van der Waals surface area contributed by atoms with Crippen LogP contribution in [0.4, 0.5) is 5.69 Å². The highest BCUT2D eigenvalue weighted by Gasteiger charge is 2.31. The predicted octanol–water partition coefficient (Wildman–Crippen LogP) is 3.30. The van der Waals surface area contributed by atoms with Crippen LogP contribution in [0.3, 0.4) is 0 Å². The zero-order valence-corrected chi connectivity index (χ0v) is 22.3. The first-order chi connectivity index (χ1) is 16.1. The molecule has 190 valence electrons. The molecule has 0 spiro atoms. The maximum atomic E-state index is 13.6. The van der Waals surface area contributed by atoms with Gasteiger partial charge in [-0.05, 0) is 59.2 Å². The molecule has 0 saturated heterocycles. The average Bonchev–Trinajstić information content (AvgIpc) is 2.73. The van der Waals surface area contributed by atoms with Crippen LogP contribution < -0.4 is 9.62 Å². The van der Waals surface area contributed by atoms with E-state index in [2.05, 4.69) is 5.32 Å². The Kier molecular flexibility index (Phi) is 8.84. The quantitative estimate of drug-likeness (QED) is 0.531. The molecule has 35 heavy (non-hydrogen) atoms. The second-order valence-corrected chi connectivity index (χ2v) is 11.7. The zero-order chi connectivity index (χ0) is 26.6. The third kappa shape index (κ3) is 8.20. The van der Waals surface area contributed by atoms with Crippen molar-refractivity contribution in [2.24, 2.45) is 0 Å². The van der Waals surface area contributed by atoms with E-state index >= 15 is 0 Å². The Morgan fingerprint density at radius 1 is 1.03 bits per heavy atom. The van der Waals surface area contributed by atoms with E-state index in [9.17, 15) is 22.8 Å². The van der Waals surface area contributed by atoms with Crippen LogP contribution in [0.5, 0.6) is 0 Å². The maximum absolute atomic E-state index is 13.6. The number of benzene rings is 2. The van der Waals surface area contributed by atoms with E-state index in [4.69, 9.17) is 0 Å². The third-order valence-electron chi connectivity index (χ3n) is 5.32. The van der Waals surface area contributed by atoms with Crippen molar-refractivity contribution in [2.75, 3.05) is 17.1 Å². The average molecular weight is 502 g/mol. The van der Waals surface area contributed by atoms with Crippen molar-refractivity contribution < 1.29 is 22.8 Å². The molecule has 0 heterocycles. The molecule has 0 aliphatic carbocycles. The van der Waals surface area contributed by atoms with Gasteiger partial charge in [0.25, 0.3) is 0 Å². The van der Waals surface area contributed by atoms with Gasteiger partial charge in [0.1, 0.15) is 12.6 Å². The van der Waals surface area contributed by atoms with Gasteiger partial charge in [0.15, 0.2) is 5.78 Å². The molecule has 0 bridgehead atoms. The van der Waals surface area contributed by atoms with Gasteiger partial charge in [-0.1, -0.05) is 42.0 Å². The minimum atomic E-state index is -3.87. The monoisotopic (exact) mass is 501 g/mol. The molecule has 2 amide bonds. The minimum Gasteiger partial charge on any atom is -0.350 e. The van der Waals surface area contributed by atoms with E-state index in [0.717, 1.165) is 21.7 Å². The molecule has 0 saturated carbocycles. The van der Waals surface area contributed by atoms with E-state index < -0.39 is 34.1 Å². The number of sulfonamides is 1. The zero-order valence-electron chi connectivity index (χ0n) is 21.5. The number of anilines is 1. The molecule has 0 radical (unpaired) electrons. The van der Waals surface area contributed by atoms with Crippen LogP contribution >= 0.6 is 0 Å². The van der Waals surface area contributed by atoms with Crippen molar-refractivity contribution in [1.29, 1.82) is 0 Å². The smallest absolute Gasteiger partial charge is 0.244 e. The van der Waals surface area contributed by atoms with Crippen molar-refractivity contribution in [1.82, 2.24) is 10.2 Å². The molecular weight excluding hydrogens is 466 g/mol. The summed E-state index contributed by atoms with van der Waals surface area (Å²) in [4.78, 5) is 39.7. The first-order valence-electron chi connectivity index (χ1n) is 11.3. The minimum absolute atomic E-state index is 0.129. The van der Waals surface area contributed by atoms with Gasteiger partial charge >= 0.3 is 0 Å². The van der Waals surface area contributed by atoms with E-state index in [0.29, 0.717) is 5.56 Å². The van der Waals surface area contributed by atoms with Gasteiger partial charge < -0.3 is 10.2 Å². The Morgan fingerprint density at radius 3 is 2.20 bits per heavy atom. The fourth-order valence-corrected chi connectivity index (χ4v) is 4.40. The molecule has 0 aliphatic rings. The van der Waals surface area contributed by atoms with Gasteiger partial charge in [-0.15, -0.1) is 0 Å². The first kappa shape index (κ1) is 28.0. The highest BCUT2D eigenvalue weighted by atomic mass is 32.2. The number of carbonyl (C=O) groups is 3. The highest BCUT2D eigenvalue weighted by Crippen LogP contribution is 2.21. The number of carbonyl (C=O) groups excluding carboxylic acids is 3. The van der Waals surface area contributed by atoms with Gasteiger partial charge in [-0.3, -0.25) is 18.7 Å². The lowest BCUT2D eigenvalue weighted by atomic mass is 10.1. The van der Waals surface area contributed by atoms with Crippen LogP contribution in [0.15, 0.2) is 48.5 Å². The summed E-state index contributed by atoms with van der Waals surface area (Å²) in [6.07, 6.45) is 1.00. The summed E-state index contributed by atoms with van der Waals surface area (Å²) in [7, 11) is -3.87. The Bertz CT molecular complexity index is 1200. The fraction of sp³-hybridized carbons (Fsp3) is 0.423. The summed E-state index contributed by atoms with van der Waals surface area (Å²) in [5, 5.41) is 2.88. The largest absolute Gasteiger partial charge is 0.350 e. The van der Waals surface area contributed by atoms with Gasteiger partial charge in [-0.25, -0.2) is 8.42 Å². The molecule has 2 aromatic rings. The van der Waals surface area contributed by atoms with E-state index in [1.807, 2.05) is 52.0 Å². The molecule has 2 aromatic carbocycles.